The summed E-state index contributed by atoms with van der Waals surface area (Å²) >= 11 is 3.41. The summed E-state index contributed by atoms with van der Waals surface area (Å²) in [5.41, 5.74) is 1.48. The molecule has 0 radical (unpaired) electrons. The van der Waals surface area contributed by atoms with Crippen molar-refractivity contribution in [3.05, 3.63) is 45.8 Å². The Bertz CT molecular complexity index is 947. The van der Waals surface area contributed by atoms with Crippen molar-refractivity contribution in [2.75, 3.05) is 39.8 Å². The number of hydrogen-bond acceptors (Lipinski definition) is 6. The van der Waals surface area contributed by atoms with Crippen molar-refractivity contribution >= 4 is 31.9 Å². The van der Waals surface area contributed by atoms with E-state index in [4.69, 9.17) is 4.52 Å². The molecule has 0 spiro atoms. The summed E-state index contributed by atoms with van der Waals surface area (Å²) in [5.74, 6) is 0.287. The predicted octanol–water partition coefficient (Wildman–Crippen LogP) is 2.02. The van der Waals surface area contributed by atoms with E-state index in [1.54, 1.807) is 18.7 Å². The van der Waals surface area contributed by atoms with Crippen LogP contribution in [0.3, 0.4) is 0 Å². The minimum atomic E-state index is -3.67. The zero-order valence-electron chi connectivity index (χ0n) is 16.8. The van der Waals surface area contributed by atoms with Crippen LogP contribution in [0.25, 0.3) is 0 Å². The largest absolute Gasteiger partial charge is 0.360 e. The monoisotopic (exact) mass is 484 g/mol. The highest BCUT2D eigenvalue weighted by Gasteiger charge is 2.34. The SMILES string of the molecule is Cc1noc(C)c1S(=O)(=O)N1CCN(C(=O)CN(C)Cc2ccc(Br)cc2)CC1. The van der Waals surface area contributed by atoms with Crippen LogP contribution in [-0.4, -0.2) is 73.4 Å². The highest BCUT2D eigenvalue weighted by Crippen LogP contribution is 2.24. The molecule has 158 valence electrons. The van der Waals surface area contributed by atoms with Gasteiger partial charge in [0.15, 0.2) is 5.76 Å². The molecule has 0 aliphatic carbocycles. The summed E-state index contributed by atoms with van der Waals surface area (Å²) in [6.45, 7) is 5.41. The summed E-state index contributed by atoms with van der Waals surface area (Å²) in [6.07, 6.45) is 0. The number of benzene rings is 1. The van der Waals surface area contributed by atoms with Crippen molar-refractivity contribution in [1.82, 2.24) is 19.3 Å². The Morgan fingerprint density at radius 1 is 1.17 bits per heavy atom. The van der Waals surface area contributed by atoms with Crippen LogP contribution in [0.2, 0.25) is 0 Å². The first kappa shape index (κ1) is 21.9. The number of aromatic nitrogens is 1. The standard InChI is InChI=1S/C19H25BrN4O4S/c1-14-19(15(2)28-21-14)29(26,27)24-10-8-23(9-11-24)18(25)13-22(3)12-16-4-6-17(20)7-5-16/h4-7H,8-13H2,1-3H3. The van der Waals surface area contributed by atoms with Crippen molar-refractivity contribution < 1.29 is 17.7 Å². The molecule has 3 rings (SSSR count). The highest BCUT2D eigenvalue weighted by atomic mass is 79.9. The molecule has 1 fully saturated rings. The molecule has 1 aliphatic rings. The van der Waals surface area contributed by atoms with E-state index in [1.807, 2.05) is 36.2 Å². The molecule has 2 heterocycles. The van der Waals surface area contributed by atoms with Crippen LogP contribution in [0.4, 0.5) is 0 Å². The molecule has 1 aliphatic heterocycles. The second kappa shape index (κ2) is 8.95. The zero-order chi connectivity index (χ0) is 21.2. The van der Waals surface area contributed by atoms with Crippen molar-refractivity contribution in [1.29, 1.82) is 0 Å². The van der Waals surface area contributed by atoms with E-state index in [2.05, 4.69) is 21.1 Å². The van der Waals surface area contributed by atoms with Gasteiger partial charge in [-0.05, 0) is 38.6 Å². The van der Waals surface area contributed by atoms with Crippen LogP contribution >= 0.6 is 15.9 Å². The third kappa shape index (κ3) is 5.06. The number of carbonyl (C=O) groups is 1. The molecule has 0 saturated carbocycles. The van der Waals surface area contributed by atoms with Gasteiger partial charge in [0.05, 0.1) is 6.54 Å². The Morgan fingerprint density at radius 2 is 1.79 bits per heavy atom. The number of piperazine rings is 1. The van der Waals surface area contributed by atoms with E-state index < -0.39 is 10.0 Å². The minimum absolute atomic E-state index is 0.000927. The smallest absolute Gasteiger partial charge is 0.248 e. The van der Waals surface area contributed by atoms with Crippen LogP contribution < -0.4 is 0 Å². The number of rotatable bonds is 6. The number of amides is 1. The molecule has 1 saturated heterocycles. The van der Waals surface area contributed by atoms with Crippen molar-refractivity contribution in [3.8, 4) is 0 Å². The summed E-state index contributed by atoms with van der Waals surface area (Å²) in [4.78, 5) is 16.4. The Kier molecular flexibility index (Phi) is 6.77. The van der Waals surface area contributed by atoms with Gasteiger partial charge >= 0.3 is 0 Å². The predicted molar refractivity (Wildman–Crippen MR) is 112 cm³/mol. The van der Waals surface area contributed by atoms with Gasteiger partial charge in [0.1, 0.15) is 10.6 Å². The van der Waals surface area contributed by atoms with Gasteiger partial charge in [-0.15, -0.1) is 0 Å². The Labute approximate surface area is 179 Å². The normalized spacial score (nSPS) is 15.8. The van der Waals surface area contributed by atoms with Crippen LogP contribution in [0.5, 0.6) is 0 Å². The second-order valence-corrected chi connectivity index (χ2v) is 10.0. The number of likely N-dealkylation sites (N-methyl/N-ethyl adjacent to an activating group) is 1. The lowest BCUT2D eigenvalue weighted by atomic mass is 10.2. The van der Waals surface area contributed by atoms with Crippen LogP contribution in [0.1, 0.15) is 17.0 Å². The Hall–Kier alpha value is -1.75. The van der Waals surface area contributed by atoms with E-state index in [0.717, 1.165) is 10.0 Å². The summed E-state index contributed by atoms with van der Waals surface area (Å²) in [7, 11) is -1.77. The summed E-state index contributed by atoms with van der Waals surface area (Å²) in [5, 5.41) is 3.74. The lowest BCUT2D eigenvalue weighted by molar-refractivity contribution is -0.133. The Morgan fingerprint density at radius 3 is 2.34 bits per heavy atom. The topological polar surface area (TPSA) is 87.0 Å². The first-order valence-corrected chi connectivity index (χ1v) is 11.6. The number of halogens is 1. The van der Waals surface area contributed by atoms with Crippen LogP contribution in [0, 0.1) is 13.8 Å². The fourth-order valence-corrected chi connectivity index (χ4v) is 5.42. The average molecular weight is 485 g/mol. The number of carbonyl (C=O) groups excluding carboxylic acids is 1. The van der Waals surface area contributed by atoms with Crippen molar-refractivity contribution in [3.63, 3.8) is 0 Å². The lowest BCUT2D eigenvalue weighted by Crippen LogP contribution is -2.52. The maximum atomic E-state index is 12.9. The van der Waals surface area contributed by atoms with Gasteiger partial charge < -0.3 is 9.42 Å². The molecule has 0 atom stereocenters. The summed E-state index contributed by atoms with van der Waals surface area (Å²) in [6, 6.07) is 7.99. The number of nitrogens with zero attached hydrogens (tertiary/aromatic N) is 4. The highest BCUT2D eigenvalue weighted by molar-refractivity contribution is 9.10. The van der Waals surface area contributed by atoms with E-state index >= 15 is 0 Å². The van der Waals surface area contributed by atoms with Gasteiger partial charge in [-0.1, -0.05) is 33.2 Å². The van der Waals surface area contributed by atoms with Gasteiger partial charge in [-0.2, -0.15) is 4.31 Å². The van der Waals surface area contributed by atoms with Gasteiger partial charge in [-0.3, -0.25) is 9.69 Å². The van der Waals surface area contributed by atoms with Gasteiger partial charge in [0, 0.05) is 37.2 Å². The van der Waals surface area contributed by atoms with E-state index in [0.29, 0.717) is 25.3 Å². The second-order valence-electron chi connectivity index (χ2n) is 7.24. The Balaban J connectivity index is 1.54. The van der Waals surface area contributed by atoms with E-state index in [-0.39, 0.29) is 36.2 Å². The van der Waals surface area contributed by atoms with Crippen molar-refractivity contribution in [2.24, 2.45) is 0 Å². The van der Waals surface area contributed by atoms with E-state index in [9.17, 15) is 13.2 Å². The zero-order valence-corrected chi connectivity index (χ0v) is 19.2. The average Bonchev–Trinajstić information content (AvgIpc) is 3.02. The lowest BCUT2D eigenvalue weighted by Gasteiger charge is -2.34. The van der Waals surface area contributed by atoms with Gasteiger partial charge in [-0.25, -0.2) is 8.42 Å². The molecule has 10 heteroatoms. The molecule has 1 aromatic carbocycles. The number of sulfonamides is 1. The molecule has 0 unspecified atom stereocenters. The molecule has 1 aromatic heterocycles. The first-order valence-electron chi connectivity index (χ1n) is 9.32. The molecular weight excluding hydrogens is 460 g/mol. The maximum Gasteiger partial charge on any atom is 0.248 e. The van der Waals surface area contributed by atoms with Crippen LogP contribution in [0.15, 0.2) is 38.2 Å². The molecule has 0 bridgehead atoms. The van der Waals surface area contributed by atoms with Gasteiger partial charge in [0.25, 0.3) is 0 Å². The summed E-state index contributed by atoms with van der Waals surface area (Å²) < 4.78 is 33.2. The third-order valence-electron chi connectivity index (χ3n) is 4.93. The fourth-order valence-electron chi connectivity index (χ4n) is 3.44. The molecule has 0 N–H and O–H groups in total. The molecule has 1 amide bonds. The number of aryl methyl sites for hydroxylation is 2. The van der Waals surface area contributed by atoms with Crippen molar-refractivity contribution in [2.45, 2.75) is 25.3 Å². The quantitative estimate of drug-likeness (QED) is 0.623. The molecule has 29 heavy (non-hydrogen) atoms. The van der Waals surface area contributed by atoms with Gasteiger partial charge in [0.2, 0.25) is 15.9 Å². The number of hydrogen-bond donors (Lipinski definition) is 0. The third-order valence-corrected chi connectivity index (χ3v) is 7.60. The molecular formula is C19H25BrN4O4S. The molecule has 8 nitrogen and oxygen atoms in total. The fraction of sp³-hybridized carbons (Fsp3) is 0.474. The maximum absolute atomic E-state index is 12.9. The van der Waals surface area contributed by atoms with Crippen LogP contribution in [-0.2, 0) is 21.4 Å². The molecule has 2 aromatic rings. The first-order chi connectivity index (χ1) is 13.7. The minimum Gasteiger partial charge on any atom is -0.360 e. The van der Waals surface area contributed by atoms with E-state index in [1.165, 1.54) is 4.31 Å².